The molecule has 110 valence electrons. The molecule has 1 atom stereocenters. The molecule has 0 radical (unpaired) electrons. The van der Waals surface area contributed by atoms with Crippen molar-refractivity contribution >= 4 is 23.5 Å². The van der Waals surface area contributed by atoms with Crippen LogP contribution in [0.1, 0.15) is 37.2 Å². The highest BCUT2D eigenvalue weighted by Crippen LogP contribution is 2.15. The number of nitrogens with zero attached hydrogens (tertiary/aromatic N) is 1. The molecule has 0 saturated carbocycles. The molecule has 0 aliphatic rings. The Balaban J connectivity index is 2.57. The van der Waals surface area contributed by atoms with Gasteiger partial charge in [-0.25, -0.2) is 0 Å². The number of rotatable bonds is 7. The van der Waals surface area contributed by atoms with Crippen LogP contribution in [0.15, 0.2) is 18.3 Å². The number of carboxylic acids is 1. The van der Waals surface area contributed by atoms with Crippen molar-refractivity contribution in [1.29, 1.82) is 0 Å². The van der Waals surface area contributed by atoms with Gasteiger partial charge in [0.05, 0.1) is 0 Å². The summed E-state index contributed by atoms with van der Waals surface area (Å²) in [6.07, 6.45) is 2.25. The first-order valence-corrected chi connectivity index (χ1v) is 6.87. The zero-order chi connectivity index (χ0) is 15.1. The Bertz CT molecular complexity index is 477. The maximum Gasteiger partial charge on any atom is 0.303 e. The number of pyridine rings is 1. The second kappa shape index (κ2) is 7.85. The van der Waals surface area contributed by atoms with E-state index in [4.69, 9.17) is 16.7 Å². The number of halogens is 1. The first-order valence-electron chi connectivity index (χ1n) is 6.50. The van der Waals surface area contributed by atoms with Gasteiger partial charge >= 0.3 is 5.97 Å². The van der Waals surface area contributed by atoms with Gasteiger partial charge < -0.3 is 10.4 Å². The summed E-state index contributed by atoms with van der Waals surface area (Å²) in [6, 6.07) is 3.07. The molecule has 0 aromatic carbocycles. The number of carboxylic acid groups (broad SMARTS) is 1. The quantitative estimate of drug-likeness (QED) is 0.811. The lowest BCUT2D eigenvalue weighted by Crippen LogP contribution is -2.31. The van der Waals surface area contributed by atoms with Gasteiger partial charge in [-0.2, -0.15) is 0 Å². The maximum atomic E-state index is 11.9. The summed E-state index contributed by atoms with van der Waals surface area (Å²) >= 11 is 5.79. The summed E-state index contributed by atoms with van der Waals surface area (Å²) in [7, 11) is 0. The number of nitrogens with one attached hydrogen (secondary N) is 1. The molecule has 0 spiro atoms. The predicted octanol–water partition coefficient (Wildman–Crippen LogP) is 2.60. The highest BCUT2D eigenvalue weighted by molar-refractivity contribution is 6.30. The van der Waals surface area contributed by atoms with Crippen LogP contribution in [0.5, 0.6) is 0 Å². The minimum atomic E-state index is -0.856. The summed E-state index contributed by atoms with van der Waals surface area (Å²) in [5.74, 6) is -0.909. The summed E-state index contributed by atoms with van der Waals surface area (Å²) in [5.41, 5.74) is 0.233. The fourth-order valence-electron chi connectivity index (χ4n) is 2.01. The van der Waals surface area contributed by atoms with E-state index in [1.54, 1.807) is 6.07 Å². The lowest BCUT2D eigenvalue weighted by molar-refractivity contribution is -0.138. The largest absolute Gasteiger partial charge is 0.481 e. The van der Waals surface area contributed by atoms with Crippen molar-refractivity contribution in [3.63, 3.8) is 0 Å². The van der Waals surface area contributed by atoms with E-state index in [2.05, 4.69) is 10.3 Å². The summed E-state index contributed by atoms with van der Waals surface area (Å²) < 4.78 is 0. The molecule has 2 N–H and O–H groups in total. The molecule has 20 heavy (non-hydrogen) atoms. The number of carbonyl (C=O) groups is 2. The van der Waals surface area contributed by atoms with Crippen LogP contribution in [0.2, 0.25) is 5.02 Å². The van der Waals surface area contributed by atoms with Gasteiger partial charge in [0.1, 0.15) is 5.69 Å². The SMILES string of the molecule is CC(C)C[C@H](CNC(=O)c1cc(Cl)ccn1)CC(=O)O. The van der Waals surface area contributed by atoms with Crippen LogP contribution in [0, 0.1) is 11.8 Å². The van der Waals surface area contributed by atoms with Gasteiger partial charge in [-0.15, -0.1) is 0 Å². The molecule has 0 saturated heterocycles. The third kappa shape index (κ3) is 6.02. The van der Waals surface area contributed by atoms with Crippen LogP contribution in [0.3, 0.4) is 0 Å². The molecular formula is C14H19ClN2O3. The highest BCUT2D eigenvalue weighted by atomic mass is 35.5. The van der Waals surface area contributed by atoms with Crippen LogP contribution in [-0.2, 0) is 4.79 Å². The maximum absolute atomic E-state index is 11.9. The Morgan fingerprint density at radius 2 is 2.15 bits per heavy atom. The third-order valence-electron chi connectivity index (χ3n) is 2.77. The van der Waals surface area contributed by atoms with Crippen molar-refractivity contribution in [1.82, 2.24) is 10.3 Å². The normalized spacial score (nSPS) is 12.2. The molecule has 5 nitrogen and oxygen atoms in total. The van der Waals surface area contributed by atoms with Crippen molar-refractivity contribution < 1.29 is 14.7 Å². The molecule has 0 fully saturated rings. The van der Waals surface area contributed by atoms with Gasteiger partial charge in [0.25, 0.3) is 5.91 Å². The Hall–Kier alpha value is -1.62. The summed E-state index contributed by atoms with van der Waals surface area (Å²) in [5, 5.41) is 12.0. The topological polar surface area (TPSA) is 79.3 Å². The lowest BCUT2D eigenvalue weighted by atomic mass is 9.94. The number of hydrogen-bond donors (Lipinski definition) is 2. The van der Waals surface area contributed by atoms with Crippen LogP contribution in [-0.4, -0.2) is 28.5 Å². The second-order valence-electron chi connectivity index (χ2n) is 5.16. The number of carbonyl (C=O) groups excluding carboxylic acids is 1. The van der Waals surface area contributed by atoms with E-state index in [9.17, 15) is 9.59 Å². The van der Waals surface area contributed by atoms with Crippen molar-refractivity contribution in [2.45, 2.75) is 26.7 Å². The minimum Gasteiger partial charge on any atom is -0.481 e. The van der Waals surface area contributed by atoms with Crippen molar-refractivity contribution in [3.8, 4) is 0 Å². The first-order chi connectivity index (χ1) is 9.38. The average Bonchev–Trinajstić information content (AvgIpc) is 2.34. The van der Waals surface area contributed by atoms with Crippen molar-refractivity contribution in [2.24, 2.45) is 11.8 Å². The molecule has 0 unspecified atom stereocenters. The monoisotopic (exact) mass is 298 g/mol. The third-order valence-corrected chi connectivity index (χ3v) is 3.01. The van der Waals surface area contributed by atoms with Gasteiger partial charge in [-0.1, -0.05) is 25.4 Å². The van der Waals surface area contributed by atoms with Gasteiger partial charge in [-0.05, 0) is 30.4 Å². The Morgan fingerprint density at radius 3 is 2.70 bits per heavy atom. The number of aliphatic carboxylic acids is 1. The second-order valence-corrected chi connectivity index (χ2v) is 5.60. The molecule has 0 aliphatic carbocycles. The van der Waals surface area contributed by atoms with Crippen LogP contribution in [0.4, 0.5) is 0 Å². The zero-order valence-corrected chi connectivity index (χ0v) is 12.4. The molecule has 0 aliphatic heterocycles. The van der Waals surface area contributed by atoms with E-state index in [1.165, 1.54) is 12.3 Å². The van der Waals surface area contributed by atoms with E-state index in [0.29, 0.717) is 17.5 Å². The van der Waals surface area contributed by atoms with E-state index in [-0.39, 0.29) is 23.9 Å². The molecular weight excluding hydrogens is 280 g/mol. The Morgan fingerprint density at radius 1 is 1.45 bits per heavy atom. The summed E-state index contributed by atoms with van der Waals surface area (Å²) in [4.78, 5) is 26.6. The highest BCUT2D eigenvalue weighted by Gasteiger charge is 2.17. The van der Waals surface area contributed by atoms with Crippen LogP contribution >= 0.6 is 11.6 Å². The Labute approximate surface area is 123 Å². The van der Waals surface area contributed by atoms with Gasteiger partial charge in [0, 0.05) is 24.2 Å². The molecule has 1 rings (SSSR count). The Kier molecular flexibility index (Phi) is 6.45. The van der Waals surface area contributed by atoms with Gasteiger partial charge in [0.2, 0.25) is 0 Å². The molecule has 1 amide bonds. The van der Waals surface area contributed by atoms with Crippen LogP contribution < -0.4 is 5.32 Å². The minimum absolute atomic E-state index is 0.0431. The number of aromatic nitrogens is 1. The fourth-order valence-corrected chi connectivity index (χ4v) is 2.17. The molecule has 6 heteroatoms. The number of hydrogen-bond acceptors (Lipinski definition) is 3. The van der Waals surface area contributed by atoms with Gasteiger partial charge in [0.15, 0.2) is 0 Å². The zero-order valence-electron chi connectivity index (χ0n) is 11.6. The van der Waals surface area contributed by atoms with Crippen molar-refractivity contribution in [3.05, 3.63) is 29.0 Å². The number of amides is 1. The molecule has 1 aromatic heterocycles. The predicted molar refractivity (Wildman–Crippen MR) is 76.8 cm³/mol. The molecule has 1 aromatic rings. The smallest absolute Gasteiger partial charge is 0.303 e. The molecule has 0 bridgehead atoms. The van der Waals surface area contributed by atoms with Crippen molar-refractivity contribution in [2.75, 3.05) is 6.54 Å². The van der Waals surface area contributed by atoms with E-state index < -0.39 is 5.97 Å². The standard InChI is InChI=1S/C14H19ClN2O3/c1-9(2)5-10(6-13(18)19)8-17-14(20)12-7-11(15)3-4-16-12/h3-4,7,9-10H,5-6,8H2,1-2H3,(H,17,20)(H,18,19)/t10-/m0/s1. The van der Waals surface area contributed by atoms with E-state index >= 15 is 0 Å². The van der Waals surface area contributed by atoms with E-state index in [1.807, 2.05) is 13.8 Å². The first kappa shape index (κ1) is 16.4. The fraction of sp³-hybridized carbons (Fsp3) is 0.500. The van der Waals surface area contributed by atoms with Gasteiger partial charge in [-0.3, -0.25) is 14.6 Å². The molecule has 1 heterocycles. The summed E-state index contributed by atoms with van der Waals surface area (Å²) in [6.45, 7) is 4.36. The van der Waals surface area contributed by atoms with E-state index in [0.717, 1.165) is 6.42 Å². The average molecular weight is 299 g/mol. The lowest BCUT2D eigenvalue weighted by Gasteiger charge is -2.17. The van der Waals surface area contributed by atoms with Crippen LogP contribution in [0.25, 0.3) is 0 Å².